The fraction of sp³-hybridized carbons (Fsp3) is 0.235. The van der Waals surface area contributed by atoms with E-state index in [1.807, 2.05) is 0 Å². The van der Waals surface area contributed by atoms with Crippen LogP contribution in [0.15, 0.2) is 36.7 Å². The molecule has 0 bridgehead atoms. The smallest absolute Gasteiger partial charge is 0.416 e. The van der Waals surface area contributed by atoms with Crippen molar-refractivity contribution in [3.05, 3.63) is 59.3 Å². The van der Waals surface area contributed by atoms with Gasteiger partial charge in [-0.3, -0.25) is 9.67 Å². The van der Waals surface area contributed by atoms with Gasteiger partial charge < -0.3 is 10.2 Å². The van der Waals surface area contributed by atoms with E-state index in [-0.39, 0.29) is 34.1 Å². The van der Waals surface area contributed by atoms with Gasteiger partial charge in [-0.05, 0) is 29.8 Å². The second-order valence-electron chi connectivity index (χ2n) is 5.86. The van der Waals surface area contributed by atoms with Crippen LogP contribution in [0.4, 0.5) is 17.6 Å². The highest BCUT2D eigenvalue weighted by atomic mass is 19.4. The molecule has 0 spiro atoms. The first-order valence-corrected chi connectivity index (χ1v) is 7.72. The van der Waals surface area contributed by atoms with Crippen molar-refractivity contribution in [2.75, 3.05) is 0 Å². The van der Waals surface area contributed by atoms with Gasteiger partial charge in [0.15, 0.2) is 6.10 Å². The fourth-order valence-electron chi connectivity index (χ4n) is 2.71. The summed E-state index contributed by atoms with van der Waals surface area (Å²) in [4.78, 5) is 15.2. The lowest BCUT2D eigenvalue weighted by Gasteiger charge is -2.14. The van der Waals surface area contributed by atoms with Gasteiger partial charge in [-0.1, -0.05) is 0 Å². The monoisotopic (exact) mass is 383 g/mol. The van der Waals surface area contributed by atoms with Crippen molar-refractivity contribution >= 4 is 16.9 Å². The summed E-state index contributed by atoms with van der Waals surface area (Å²) in [5, 5.41) is 22.8. The van der Waals surface area contributed by atoms with E-state index in [1.54, 1.807) is 0 Å². The van der Waals surface area contributed by atoms with Gasteiger partial charge in [0.1, 0.15) is 5.82 Å². The fourth-order valence-corrected chi connectivity index (χ4v) is 2.71. The highest BCUT2D eigenvalue weighted by molar-refractivity contribution is 5.89. The normalized spacial score (nSPS) is 13.1. The van der Waals surface area contributed by atoms with Crippen LogP contribution < -0.4 is 0 Å². The van der Waals surface area contributed by atoms with E-state index in [0.717, 1.165) is 16.8 Å². The van der Waals surface area contributed by atoms with E-state index < -0.39 is 30.6 Å². The molecule has 1 aromatic carbocycles. The quantitative estimate of drug-likeness (QED) is 0.662. The van der Waals surface area contributed by atoms with Gasteiger partial charge in [-0.25, -0.2) is 9.18 Å². The van der Waals surface area contributed by atoms with Crippen molar-refractivity contribution in [2.24, 2.45) is 0 Å². The molecule has 0 saturated carbocycles. The maximum absolute atomic E-state index is 13.7. The van der Waals surface area contributed by atoms with Crippen molar-refractivity contribution in [1.82, 2.24) is 14.8 Å². The van der Waals surface area contributed by atoms with Crippen LogP contribution in [0.2, 0.25) is 0 Å². The van der Waals surface area contributed by atoms with Gasteiger partial charge in [-0.15, -0.1) is 0 Å². The number of hydrogen-bond acceptors (Lipinski definition) is 4. The van der Waals surface area contributed by atoms with Gasteiger partial charge in [0.05, 0.1) is 23.3 Å². The van der Waals surface area contributed by atoms with Crippen LogP contribution in [-0.2, 0) is 13.0 Å². The molecule has 3 rings (SSSR count). The number of hydrogen-bond donors (Lipinski definition) is 2. The average molecular weight is 383 g/mol. The SMILES string of the molecule is O=C(O)c1ccncc1Cc1nn(CC(O)C(F)(F)F)c2ccc(F)cc12. The van der Waals surface area contributed by atoms with E-state index >= 15 is 0 Å². The molecular weight excluding hydrogens is 370 g/mol. The number of aromatic nitrogens is 3. The zero-order chi connectivity index (χ0) is 19.8. The molecule has 3 aromatic rings. The standard InChI is InChI=1S/C17H13F4N3O3/c18-10-1-2-14-12(6-10)13(23-24(14)8-15(25)17(19,20)21)5-9-7-22-4-3-11(9)16(26)27/h1-4,6-7,15,25H,5,8H2,(H,26,27). The number of carboxylic acid groups (broad SMARTS) is 1. The number of benzene rings is 1. The van der Waals surface area contributed by atoms with Crippen molar-refractivity contribution < 1.29 is 32.6 Å². The van der Waals surface area contributed by atoms with E-state index in [0.29, 0.717) is 0 Å². The van der Waals surface area contributed by atoms with Crippen molar-refractivity contribution in [1.29, 1.82) is 0 Å². The zero-order valence-electron chi connectivity index (χ0n) is 13.6. The van der Waals surface area contributed by atoms with E-state index in [4.69, 9.17) is 0 Å². The van der Waals surface area contributed by atoms with Crippen LogP contribution in [0.25, 0.3) is 10.9 Å². The Morgan fingerprint density at radius 3 is 2.67 bits per heavy atom. The molecule has 10 heteroatoms. The lowest BCUT2D eigenvalue weighted by molar-refractivity contribution is -0.207. The lowest BCUT2D eigenvalue weighted by atomic mass is 10.0. The number of aliphatic hydroxyl groups is 1. The molecule has 0 aliphatic rings. The molecule has 0 fully saturated rings. The number of halogens is 4. The summed E-state index contributed by atoms with van der Waals surface area (Å²) in [6, 6.07) is 4.71. The number of aliphatic hydroxyl groups excluding tert-OH is 1. The maximum Gasteiger partial charge on any atom is 0.416 e. The Morgan fingerprint density at radius 2 is 2.00 bits per heavy atom. The Hall–Kier alpha value is -3.01. The Morgan fingerprint density at radius 1 is 1.26 bits per heavy atom. The molecular formula is C17H13F4N3O3. The number of rotatable bonds is 5. The Balaban J connectivity index is 2.06. The first kappa shape index (κ1) is 18.8. The van der Waals surface area contributed by atoms with E-state index in [1.165, 1.54) is 24.5 Å². The minimum Gasteiger partial charge on any atom is -0.478 e. The second kappa shape index (κ2) is 6.95. The number of carbonyl (C=O) groups is 1. The molecule has 0 radical (unpaired) electrons. The topological polar surface area (TPSA) is 88.2 Å². The summed E-state index contributed by atoms with van der Waals surface area (Å²) >= 11 is 0. The number of carboxylic acids is 1. The molecule has 1 atom stereocenters. The third kappa shape index (κ3) is 3.90. The number of alkyl halides is 3. The van der Waals surface area contributed by atoms with Crippen LogP contribution in [0, 0.1) is 5.82 Å². The Bertz CT molecular complexity index is 1000. The Kier molecular flexibility index (Phi) is 4.83. The summed E-state index contributed by atoms with van der Waals surface area (Å²) in [7, 11) is 0. The highest BCUT2D eigenvalue weighted by Crippen LogP contribution is 2.26. The number of fused-ring (bicyclic) bond motifs is 1. The van der Waals surface area contributed by atoms with Gasteiger partial charge in [0.2, 0.25) is 0 Å². The highest BCUT2D eigenvalue weighted by Gasteiger charge is 2.38. The van der Waals surface area contributed by atoms with Gasteiger partial charge in [0.25, 0.3) is 0 Å². The average Bonchev–Trinajstić information content (AvgIpc) is 2.91. The van der Waals surface area contributed by atoms with Crippen LogP contribution >= 0.6 is 0 Å². The van der Waals surface area contributed by atoms with Crippen LogP contribution in [-0.4, -0.2) is 43.2 Å². The summed E-state index contributed by atoms with van der Waals surface area (Å²) in [5.74, 6) is -1.82. The molecule has 0 amide bonds. The summed E-state index contributed by atoms with van der Waals surface area (Å²) in [5.41, 5.74) is 0.599. The van der Waals surface area contributed by atoms with Crippen LogP contribution in [0.1, 0.15) is 21.6 Å². The second-order valence-corrected chi connectivity index (χ2v) is 5.86. The molecule has 0 aliphatic heterocycles. The van der Waals surface area contributed by atoms with Crippen molar-refractivity contribution in [3.8, 4) is 0 Å². The number of aromatic carboxylic acids is 1. The van der Waals surface area contributed by atoms with E-state index in [2.05, 4.69) is 10.1 Å². The first-order chi connectivity index (χ1) is 12.7. The molecule has 1 unspecified atom stereocenters. The molecule has 6 nitrogen and oxygen atoms in total. The zero-order valence-corrected chi connectivity index (χ0v) is 13.6. The molecule has 27 heavy (non-hydrogen) atoms. The third-order valence-electron chi connectivity index (χ3n) is 4.00. The first-order valence-electron chi connectivity index (χ1n) is 7.72. The predicted octanol–water partition coefficient (Wildman–Crippen LogP) is 2.78. The van der Waals surface area contributed by atoms with Crippen molar-refractivity contribution in [3.63, 3.8) is 0 Å². The number of nitrogens with zero attached hydrogens (tertiary/aromatic N) is 3. The van der Waals surface area contributed by atoms with Gasteiger partial charge in [0, 0.05) is 24.2 Å². The summed E-state index contributed by atoms with van der Waals surface area (Å²) < 4.78 is 52.6. The minimum absolute atomic E-state index is 0.0422. The molecule has 2 heterocycles. The maximum atomic E-state index is 13.7. The number of pyridine rings is 1. The van der Waals surface area contributed by atoms with E-state index in [9.17, 15) is 32.6 Å². The molecule has 2 N–H and O–H groups in total. The summed E-state index contributed by atoms with van der Waals surface area (Å²) in [6.07, 6.45) is -4.96. The third-order valence-corrected chi connectivity index (χ3v) is 4.00. The Labute approximate surface area is 149 Å². The summed E-state index contributed by atoms with van der Waals surface area (Å²) in [6.45, 7) is -0.871. The van der Waals surface area contributed by atoms with Crippen LogP contribution in [0.3, 0.4) is 0 Å². The lowest BCUT2D eigenvalue weighted by Crippen LogP contribution is -2.33. The predicted molar refractivity (Wildman–Crippen MR) is 85.8 cm³/mol. The minimum atomic E-state index is -4.84. The molecule has 0 aliphatic carbocycles. The van der Waals surface area contributed by atoms with Gasteiger partial charge >= 0.3 is 12.1 Å². The van der Waals surface area contributed by atoms with Crippen LogP contribution in [0.5, 0.6) is 0 Å². The van der Waals surface area contributed by atoms with Gasteiger partial charge in [-0.2, -0.15) is 18.3 Å². The molecule has 0 saturated heterocycles. The molecule has 2 aromatic heterocycles. The van der Waals surface area contributed by atoms with Crippen molar-refractivity contribution in [2.45, 2.75) is 25.2 Å². The molecule has 142 valence electrons. The largest absolute Gasteiger partial charge is 0.478 e.